The molecular weight excluding hydrogens is 282 g/mol. The molecule has 0 aliphatic carbocycles. The van der Waals surface area contributed by atoms with Gasteiger partial charge in [-0.25, -0.2) is 0 Å². The van der Waals surface area contributed by atoms with Gasteiger partial charge in [-0.1, -0.05) is 19.1 Å². The van der Waals surface area contributed by atoms with Gasteiger partial charge < -0.3 is 9.84 Å². The Balaban J connectivity index is 1.93. The highest BCUT2D eigenvalue weighted by molar-refractivity contribution is 7.98. The van der Waals surface area contributed by atoms with Crippen LogP contribution in [0.3, 0.4) is 0 Å². The van der Waals surface area contributed by atoms with Crippen molar-refractivity contribution in [2.75, 3.05) is 33.1 Å². The summed E-state index contributed by atoms with van der Waals surface area (Å²) in [5.41, 5.74) is 0.796. The van der Waals surface area contributed by atoms with E-state index in [1.165, 1.54) is 10.5 Å². The zero-order valence-electron chi connectivity index (χ0n) is 13.3. The van der Waals surface area contributed by atoms with Gasteiger partial charge in [-0.2, -0.15) is 0 Å². The Morgan fingerprint density at radius 3 is 2.95 bits per heavy atom. The molecule has 0 aromatic heterocycles. The number of benzene rings is 1. The summed E-state index contributed by atoms with van der Waals surface area (Å²) in [6, 6.07) is 8.73. The summed E-state index contributed by atoms with van der Waals surface area (Å²) in [7, 11) is 1.70. The van der Waals surface area contributed by atoms with Crippen LogP contribution in [0.2, 0.25) is 0 Å². The SMILES string of the molecule is COCCC1(O)CCN(Cc2cccc(SC)c2)CC1C. The third-order valence-corrected chi connectivity index (χ3v) is 5.32. The van der Waals surface area contributed by atoms with Crippen molar-refractivity contribution in [3.8, 4) is 0 Å². The van der Waals surface area contributed by atoms with E-state index in [0.717, 1.165) is 32.5 Å². The lowest BCUT2D eigenvalue weighted by Gasteiger charge is -2.43. The first-order valence-corrected chi connectivity index (χ1v) is 8.86. The summed E-state index contributed by atoms with van der Waals surface area (Å²) < 4.78 is 5.13. The van der Waals surface area contributed by atoms with Crippen molar-refractivity contribution >= 4 is 11.8 Å². The van der Waals surface area contributed by atoms with Crippen LogP contribution in [0.5, 0.6) is 0 Å². The van der Waals surface area contributed by atoms with Gasteiger partial charge >= 0.3 is 0 Å². The Hall–Kier alpha value is -0.550. The van der Waals surface area contributed by atoms with Crippen LogP contribution in [0.15, 0.2) is 29.2 Å². The number of ether oxygens (including phenoxy) is 1. The molecule has 1 heterocycles. The fraction of sp³-hybridized carbons (Fsp3) is 0.647. The standard InChI is InChI=1S/C17H27NO2S/c1-14-12-18(9-7-17(14,19)8-10-20-2)13-15-5-4-6-16(11-15)21-3/h4-6,11,14,19H,7-10,12-13H2,1-3H3. The molecule has 2 rings (SSSR count). The maximum Gasteiger partial charge on any atom is 0.0719 e. The molecule has 21 heavy (non-hydrogen) atoms. The van der Waals surface area contributed by atoms with Gasteiger partial charge in [-0.3, -0.25) is 4.90 Å². The number of hydrogen-bond acceptors (Lipinski definition) is 4. The minimum atomic E-state index is -0.562. The molecule has 1 fully saturated rings. The van der Waals surface area contributed by atoms with E-state index in [1.807, 2.05) is 0 Å². The summed E-state index contributed by atoms with van der Waals surface area (Å²) in [5.74, 6) is 0.283. The molecule has 4 heteroatoms. The summed E-state index contributed by atoms with van der Waals surface area (Å²) >= 11 is 1.78. The van der Waals surface area contributed by atoms with E-state index in [0.29, 0.717) is 6.61 Å². The number of methoxy groups -OCH3 is 1. The van der Waals surface area contributed by atoms with Crippen LogP contribution in [-0.2, 0) is 11.3 Å². The normalized spacial score (nSPS) is 27.0. The van der Waals surface area contributed by atoms with Gasteiger partial charge in [0, 0.05) is 38.2 Å². The van der Waals surface area contributed by atoms with Crippen molar-refractivity contribution < 1.29 is 9.84 Å². The van der Waals surface area contributed by atoms with Crippen molar-refractivity contribution in [2.45, 2.75) is 36.8 Å². The van der Waals surface area contributed by atoms with Crippen LogP contribution in [0.1, 0.15) is 25.3 Å². The first-order chi connectivity index (χ1) is 10.1. The van der Waals surface area contributed by atoms with Gasteiger partial charge in [-0.15, -0.1) is 11.8 Å². The molecule has 118 valence electrons. The molecule has 1 aromatic carbocycles. The largest absolute Gasteiger partial charge is 0.389 e. The van der Waals surface area contributed by atoms with Gasteiger partial charge in [-0.05, 0) is 42.7 Å². The number of rotatable bonds is 6. The van der Waals surface area contributed by atoms with Crippen LogP contribution in [0.25, 0.3) is 0 Å². The number of likely N-dealkylation sites (tertiary alicyclic amines) is 1. The van der Waals surface area contributed by atoms with Crippen molar-refractivity contribution in [2.24, 2.45) is 5.92 Å². The average molecular weight is 309 g/mol. The number of hydrogen-bond donors (Lipinski definition) is 1. The summed E-state index contributed by atoms with van der Waals surface area (Å²) in [6.45, 7) is 5.66. The molecule has 0 spiro atoms. The number of piperidine rings is 1. The molecular formula is C17H27NO2S. The minimum absolute atomic E-state index is 0.283. The molecule has 1 aliphatic heterocycles. The Morgan fingerprint density at radius 1 is 1.48 bits per heavy atom. The highest BCUT2D eigenvalue weighted by atomic mass is 32.2. The second-order valence-electron chi connectivity index (χ2n) is 6.08. The molecule has 2 atom stereocenters. The fourth-order valence-corrected chi connectivity index (χ4v) is 3.55. The third-order valence-electron chi connectivity index (χ3n) is 4.59. The first kappa shape index (κ1) is 16.8. The fourth-order valence-electron chi connectivity index (χ4n) is 3.07. The minimum Gasteiger partial charge on any atom is -0.389 e. The van der Waals surface area contributed by atoms with Gasteiger partial charge in [0.15, 0.2) is 0 Å². The van der Waals surface area contributed by atoms with E-state index < -0.39 is 5.60 Å². The third kappa shape index (κ3) is 4.46. The molecule has 0 amide bonds. The zero-order chi connectivity index (χ0) is 15.3. The number of aliphatic hydroxyl groups is 1. The van der Waals surface area contributed by atoms with E-state index in [-0.39, 0.29) is 5.92 Å². The van der Waals surface area contributed by atoms with Crippen LogP contribution < -0.4 is 0 Å². The van der Waals surface area contributed by atoms with Crippen LogP contribution in [0, 0.1) is 5.92 Å². The molecule has 0 bridgehead atoms. The van der Waals surface area contributed by atoms with Crippen molar-refractivity contribution in [1.29, 1.82) is 0 Å². The Bertz CT molecular complexity index is 454. The lowest BCUT2D eigenvalue weighted by atomic mass is 9.80. The van der Waals surface area contributed by atoms with Crippen LogP contribution in [0.4, 0.5) is 0 Å². The van der Waals surface area contributed by atoms with Crippen molar-refractivity contribution in [1.82, 2.24) is 4.90 Å². The van der Waals surface area contributed by atoms with E-state index in [9.17, 15) is 5.11 Å². The smallest absolute Gasteiger partial charge is 0.0719 e. The van der Waals surface area contributed by atoms with Gasteiger partial charge in [0.1, 0.15) is 0 Å². The summed E-state index contributed by atoms with van der Waals surface area (Å²) in [6.07, 6.45) is 3.68. The van der Waals surface area contributed by atoms with Gasteiger partial charge in [0.2, 0.25) is 0 Å². The average Bonchev–Trinajstić information content (AvgIpc) is 2.49. The Kier molecular flexibility index (Phi) is 6.11. The molecule has 1 aliphatic rings. The number of thioether (sulfide) groups is 1. The van der Waals surface area contributed by atoms with E-state index in [1.54, 1.807) is 18.9 Å². The van der Waals surface area contributed by atoms with Crippen LogP contribution in [-0.4, -0.2) is 48.7 Å². The molecule has 2 unspecified atom stereocenters. The lowest BCUT2D eigenvalue weighted by Crippen LogP contribution is -2.51. The second-order valence-corrected chi connectivity index (χ2v) is 6.96. The molecule has 1 N–H and O–H groups in total. The van der Waals surface area contributed by atoms with E-state index in [2.05, 4.69) is 42.3 Å². The van der Waals surface area contributed by atoms with Crippen molar-refractivity contribution in [3.05, 3.63) is 29.8 Å². The molecule has 0 radical (unpaired) electrons. The lowest BCUT2D eigenvalue weighted by molar-refractivity contribution is -0.0827. The monoisotopic (exact) mass is 309 g/mol. The molecule has 0 saturated carbocycles. The van der Waals surface area contributed by atoms with Crippen molar-refractivity contribution in [3.63, 3.8) is 0 Å². The highest BCUT2D eigenvalue weighted by Crippen LogP contribution is 2.31. The number of nitrogens with zero attached hydrogens (tertiary/aromatic N) is 1. The first-order valence-electron chi connectivity index (χ1n) is 7.64. The van der Waals surface area contributed by atoms with Crippen LogP contribution >= 0.6 is 11.8 Å². The molecule has 1 saturated heterocycles. The Morgan fingerprint density at radius 2 is 2.29 bits per heavy atom. The second kappa shape index (κ2) is 7.63. The maximum absolute atomic E-state index is 10.7. The Labute approximate surface area is 132 Å². The topological polar surface area (TPSA) is 32.7 Å². The van der Waals surface area contributed by atoms with Gasteiger partial charge in [0.05, 0.1) is 5.60 Å². The molecule has 3 nitrogen and oxygen atoms in total. The summed E-state index contributed by atoms with van der Waals surface area (Å²) in [5, 5.41) is 10.7. The van der Waals surface area contributed by atoms with Gasteiger partial charge in [0.25, 0.3) is 0 Å². The molecule has 1 aromatic rings. The quantitative estimate of drug-likeness (QED) is 0.819. The van der Waals surface area contributed by atoms with E-state index >= 15 is 0 Å². The zero-order valence-corrected chi connectivity index (χ0v) is 14.2. The maximum atomic E-state index is 10.7. The highest BCUT2D eigenvalue weighted by Gasteiger charge is 2.38. The predicted molar refractivity (Wildman–Crippen MR) is 88.7 cm³/mol. The van der Waals surface area contributed by atoms with E-state index in [4.69, 9.17) is 4.74 Å². The predicted octanol–water partition coefficient (Wildman–Crippen LogP) is 3.02. The summed E-state index contributed by atoms with van der Waals surface area (Å²) in [4.78, 5) is 3.76.